The van der Waals surface area contributed by atoms with Gasteiger partial charge in [0.05, 0.1) is 24.9 Å². The monoisotopic (exact) mass is 443 g/mol. The van der Waals surface area contributed by atoms with E-state index in [4.69, 9.17) is 0 Å². The van der Waals surface area contributed by atoms with Crippen molar-refractivity contribution in [3.05, 3.63) is 0 Å². The highest BCUT2D eigenvalue weighted by Gasteiger charge is 2.10. The largest absolute Gasteiger partial charge is 0.391 e. The summed E-state index contributed by atoms with van der Waals surface area (Å²) in [5, 5.41) is 37.1. The van der Waals surface area contributed by atoms with E-state index >= 15 is 0 Å². The summed E-state index contributed by atoms with van der Waals surface area (Å²) in [6, 6.07) is 0. The maximum Gasteiger partial charge on any atom is 0.191 e. The van der Waals surface area contributed by atoms with Crippen molar-refractivity contribution in [1.82, 2.24) is 10.6 Å². The van der Waals surface area contributed by atoms with Crippen LogP contribution in [0, 0.1) is 0 Å². The minimum absolute atomic E-state index is 0.334. The molecule has 0 aromatic heterocycles. The standard InChI is InChI=1S/C25H53N3O3/c1-4-7-10-13-16-22(29)19-26-25(27-20-23(30)17-14-11-8-5-2)28-21-24(31)18-15-12-9-6-3/h22-24,29-31H,4-21H2,1-3H3,(H2,26,27,28). The first-order chi connectivity index (χ1) is 15.0. The van der Waals surface area contributed by atoms with Crippen LogP contribution in [0.1, 0.15) is 117 Å². The average molecular weight is 444 g/mol. The summed E-state index contributed by atoms with van der Waals surface area (Å²) in [7, 11) is 0. The van der Waals surface area contributed by atoms with Gasteiger partial charge in [-0.1, -0.05) is 97.8 Å². The molecule has 0 fully saturated rings. The van der Waals surface area contributed by atoms with Gasteiger partial charge in [0.25, 0.3) is 0 Å². The van der Waals surface area contributed by atoms with Gasteiger partial charge in [0.1, 0.15) is 0 Å². The lowest BCUT2D eigenvalue weighted by molar-refractivity contribution is 0.158. The fraction of sp³-hybridized carbons (Fsp3) is 0.960. The number of hydrogen-bond donors (Lipinski definition) is 5. The summed E-state index contributed by atoms with van der Waals surface area (Å²) in [5.41, 5.74) is 0. The fourth-order valence-electron chi connectivity index (χ4n) is 3.52. The van der Waals surface area contributed by atoms with Gasteiger partial charge in [-0.15, -0.1) is 0 Å². The van der Waals surface area contributed by atoms with E-state index in [1.54, 1.807) is 0 Å². The SMILES string of the molecule is CCCCCCC(O)CN=C(NCC(O)CCCCCC)NCC(O)CCCCCC. The molecule has 0 amide bonds. The third-order valence-electron chi connectivity index (χ3n) is 5.64. The minimum atomic E-state index is -0.451. The van der Waals surface area contributed by atoms with Gasteiger partial charge in [0, 0.05) is 13.1 Å². The smallest absolute Gasteiger partial charge is 0.191 e. The van der Waals surface area contributed by atoms with Gasteiger partial charge in [0.2, 0.25) is 0 Å². The number of aliphatic imine (C=N–C) groups is 1. The van der Waals surface area contributed by atoms with Crippen LogP contribution in [0.3, 0.4) is 0 Å². The summed E-state index contributed by atoms with van der Waals surface area (Å²) in [6.45, 7) is 7.74. The number of rotatable bonds is 21. The second-order valence-corrected chi connectivity index (χ2v) is 8.96. The van der Waals surface area contributed by atoms with Crippen LogP contribution < -0.4 is 10.6 Å². The van der Waals surface area contributed by atoms with Crippen molar-refractivity contribution >= 4 is 5.96 Å². The van der Waals surface area contributed by atoms with E-state index in [0.717, 1.165) is 57.8 Å². The first kappa shape index (κ1) is 30.1. The van der Waals surface area contributed by atoms with Crippen LogP contribution in [0.4, 0.5) is 0 Å². The van der Waals surface area contributed by atoms with Gasteiger partial charge in [-0.05, 0) is 19.3 Å². The quantitative estimate of drug-likeness (QED) is 0.102. The fourth-order valence-corrected chi connectivity index (χ4v) is 3.52. The van der Waals surface area contributed by atoms with Gasteiger partial charge < -0.3 is 26.0 Å². The first-order valence-corrected chi connectivity index (χ1v) is 13.1. The molecule has 5 N–H and O–H groups in total. The lowest BCUT2D eigenvalue weighted by Gasteiger charge is -2.18. The number of guanidine groups is 1. The molecular formula is C25H53N3O3. The zero-order chi connectivity index (χ0) is 23.2. The van der Waals surface area contributed by atoms with Gasteiger partial charge in [-0.3, -0.25) is 4.99 Å². The summed E-state index contributed by atoms with van der Waals surface area (Å²) in [5.74, 6) is 0.563. The van der Waals surface area contributed by atoms with Gasteiger partial charge in [-0.2, -0.15) is 0 Å². The molecule has 0 spiro atoms. The van der Waals surface area contributed by atoms with Gasteiger partial charge in [0.15, 0.2) is 5.96 Å². The van der Waals surface area contributed by atoms with Gasteiger partial charge in [-0.25, -0.2) is 0 Å². The molecule has 0 aliphatic rings. The van der Waals surface area contributed by atoms with E-state index < -0.39 is 18.3 Å². The van der Waals surface area contributed by atoms with Crippen LogP contribution in [-0.2, 0) is 0 Å². The molecule has 0 rings (SSSR count). The van der Waals surface area contributed by atoms with E-state index in [1.165, 1.54) is 38.5 Å². The predicted octanol–water partition coefficient (Wildman–Crippen LogP) is 4.52. The molecule has 0 saturated heterocycles. The Kier molecular flexibility index (Phi) is 21.7. The molecule has 3 unspecified atom stereocenters. The summed E-state index contributed by atoms with van der Waals surface area (Å²) in [6.07, 6.45) is 14.8. The second kappa shape index (κ2) is 22.3. The summed E-state index contributed by atoms with van der Waals surface area (Å²) in [4.78, 5) is 4.51. The lowest BCUT2D eigenvalue weighted by atomic mass is 10.1. The van der Waals surface area contributed by atoms with Crippen LogP contribution in [0.15, 0.2) is 4.99 Å². The predicted molar refractivity (Wildman–Crippen MR) is 133 cm³/mol. The van der Waals surface area contributed by atoms with Crippen LogP contribution >= 0.6 is 0 Å². The van der Waals surface area contributed by atoms with E-state index in [0.29, 0.717) is 25.6 Å². The second-order valence-electron chi connectivity index (χ2n) is 8.96. The van der Waals surface area contributed by atoms with Crippen molar-refractivity contribution < 1.29 is 15.3 Å². The molecule has 186 valence electrons. The number of hydrogen-bond acceptors (Lipinski definition) is 4. The summed E-state index contributed by atoms with van der Waals surface area (Å²) < 4.78 is 0. The molecule has 0 aliphatic carbocycles. The van der Waals surface area contributed by atoms with Gasteiger partial charge >= 0.3 is 0 Å². The van der Waals surface area contributed by atoms with Crippen molar-refractivity contribution in [3.63, 3.8) is 0 Å². The van der Waals surface area contributed by atoms with Crippen molar-refractivity contribution in [3.8, 4) is 0 Å². The maximum absolute atomic E-state index is 10.2. The molecule has 6 heteroatoms. The van der Waals surface area contributed by atoms with Crippen molar-refractivity contribution in [2.45, 2.75) is 135 Å². The topological polar surface area (TPSA) is 97.1 Å². The third kappa shape index (κ3) is 20.8. The zero-order valence-corrected chi connectivity index (χ0v) is 20.7. The number of aliphatic hydroxyl groups is 3. The van der Waals surface area contributed by atoms with Crippen LogP contribution in [0.5, 0.6) is 0 Å². The molecule has 31 heavy (non-hydrogen) atoms. The number of aliphatic hydroxyl groups excluding tert-OH is 3. The minimum Gasteiger partial charge on any atom is -0.391 e. The molecule has 0 radical (unpaired) electrons. The average Bonchev–Trinajstić information content (AvgIpc) is 2.76. The highest BCUT2D eigenvalue weighted by molar-refractivity contribution is 5.79. The molecule has 0 aliphatic heterocycles. The Labute approximate surface area is 192 Å². The Morgan fingerprint density at radius 1 is 0.581 bits per heavy atom. The zero-order valence-electron chi connectivity index (χ0n) is 20.7. The Morgan fingerprint density at radius 3 is 1.35 bits per heavy atom. The van der Waals surface area contributed by atoms with E-state index in [-0.39, 0.29) is 0 Å². The Bertz CT molecular complexity index is 383. The van der Waals surface area contributed by atoms with Crippen molar-refractivity contribution in [1.29, 1.82) is 0 Å². The van der Waals surface area contributed by atoms with E-state index in [1.807, 2.05) is 0 Å². The Hall–Kier alpha value is -0.850. The van der Waals surface area contributed by atoms with Crippen LogP contribution in [0.2, 0.25) is 0 Å². The molecule has 0 saturated carbocycles. The summed E-state index contributed by atoms with van der Waals surface area (Å²) >= 11 is 0. The van der Waals surface area contributed by atoms with Crippen LogP contribution in [0.25, 0.3) is 0 Å². The van der Waals surface area contributed by atoms with E-state index in [2.05, 4.69) is 36.4 Å². The molecule has 0 heterocycles. The number of unbranched alkanes of at least 4 members (excludes halogenated alkanes) is 9. The molecule has 3 atom stereocenters. The molecule has 0 aromatic carbocycles. The number of nitrogens with zero attached hydrogens (tertiary/aromatic N) is 1. The molecular weight excluding hydrogens is 390 g/mol. The maximum atomic E-state index is 10.2. The normalized spacial score (nSPS) is 14.1. The van der Waals surface area contributed by atoms with Crippen molar-refractivity contribution in [2.24, 2.45) is 4.99 Å². The first-order valence-electron chi connectivity index (χ1n) is 13.1. The molecule has 0 bridgehead atoms. The molecule has 0 aromatic rings. The Morgan fingerprint density at radius 2 is 0.968 bits per heavy atom. The Balaban J connectivity index is 4.44. The molecule has 6 nitrogen and oxygen atoms in total. The number of nitrogens with one attached hydrogen (secondary N) is 2. The van der Waals surface area contributed by atoms with Crippen molar-refractivity contribution in [2.75, 3.05) is 19.6 Å². The van der Waals surface area contributed by atoms with Crippen LogP contribution in [-0.4, -0.2) is 59.2 Å². The lowest BCUT2D eigenvalue weighted by Crippen LogP contribution is -2.44. The van der Waals surface area contributed by atoms with E-state index in [9.17, 15) is 15.3 Å². The highest BCUT2D eigenvalue weighted by Crippen LogP contribution is 2.07. The third-order valence-corrected chi connectivity index (χ3v) is 5.64. The highest BCUT2D eigenvalue weighted by atomic mass is 16.3.